The maximum Gasteiger partial charge on any atom is 0.416 e. The number of alkyl halides is 3. The van der Waals surface area contributed by atoms with E-state index in [0.29, 0.717) is 53.7 Å². The molecule has 212 valence electrons. The molecule has 0 unspecified atom stereocenters. The van der Waals surface area contributed by atoms with Crippen molar-refractivity contribution >= 4 is 46.7 Å². The van der Waals surface area contributed by atoms with E-state index in [-0.39, 0.29) is 42.4 Å². The van der Waals surface area contributed by atoms with Crippen molar-refractivity contribution in [2.24, 2.45) is 0 Å². The van der Waals surface area contributed by atoms with Crippen LogP contribution in [0.4, 0.5) is 23.7 Å². The van der Waals surface area contributed by atoms with Crippen molar-refractivity contribution in [1.29, 1.82) is 0 Å². The van der Waals surface area contributed by atoms with E-state index in [1.54, 1.807) is 36.2 Å². The van der Waals surface area contributed by atoms with E-state index in [9.17, 15) is 27.6 Å². The van der Waals surface area contributed by atoms with Crippen molar-refractivity contribution in [2.45, 2.75) is 18.6 Å². The van der Waals surface area contributed by atoms with Crippen LogP contribution in [0.3, 0.4) is 0 Å². The number of hydrogen-bond donors (Lipinski definition) is 1. The van der Waals surface area contributed by atoms with Gasteiger partial charge in [-0.15, -0.1) is 0 Å². The van der Waals surface area contributed by atoms with Crippen LogP contribution in [0.1, 0.15) is 23.6 Å². The molecule has 1 fully saturated rings. The minimum absolute atomic E-state index is 0.0730. The normalized spacial score (nSPS) is 19.8. The van der Waals surface area contributed by atoms with Crippen LogP contribution < -0.4 is 10.2 Å². The molecule has 0 bridgehead atoms. The summed E-state index contributed by atoms with van der Waals surface area (Å²) < 4.78 is 39.3. The summed E-state index contributed by atoms with van der Waals surface area (Å²) in [6.07, 6.45) is -4.35. The Morgan fingerprint density at radius 3 is 2.45 bits per heavy atom. The number of nitrogens with zero attached hydrogens (tertiary/aromatic N) is 4. The van der Waals surface area contributed by atoms with Crippen LogP contribution in [0.2, 0.25) is 10.0 Å². The Morgan fingerprint density at radius 1 is 1.05 bits per heavy atom. The van der Waals surface area contributed by atoms with Crippen molar-refractivity contribution < 1.29 is 27.6 Å². The molecule has 0 radical (unpaired) electrons. The van der Waals surface area contributed by atoms with Gasteiger partial charge in [-0.2, -0.15) is 13.2 Å². The fourth-order valence-corrected chi connectivity index (χ4v) is 5.68. The van der Waals surface area contributed by atoms with Gasteiger partial charge in [-0.3, -0.25) is 14.5 Å². The molecule has 0 aliphatic carbocycles. The fourth-order valence-electron chi connectivity index (χ4n) is 5.26. The van der Waals surface area contributed by atoms with Crippen LogP contribution in [0, 0.1) is 0 Å². The van der Waals surface area contributed by atoms with E-state index in [4.69, 9.17) is 23.2 Å². The number of benzene rings is 2. The fraction of sp³-hybridized carbons (Fsp3) is 0.370. The quantitative estimate of drug-likeness (QED) is 0.550. The average Bonchev–Trinajstić information content (AvgIpc) is 3.27. The molecule has 0 saturated carbocycles. The molecule has 5 rings (SSSR count). The van der Waals surface area contributed by atoms with E-state index in [1.165, 1.54) is 15.9 Å². The Hall–Kier alpha value is -3.44. The van der Waals surface area contributed by atoms with E-state index < -0.39 is 17.8 Å². The lowest BCUT2D eigenvalue weighted by atomic mass is 9.95. The molecule has 4 amide bonds. The van der Waals surface area contributed by atoms with Gasteiger partial charge in [-0.25, -0.2) is 4.79 Å². The highest BCUT2D eigenvalue weighted by Crippen LogP contribution is 2.40. The number of piperazine rings is 1. The third-order valence-electron chi connectivity index (χ3n) is 7.49. The number of carbonyl (C=O) groups is 3. The molecule has 1 saturated heterocycles. The Bertz CT molecular complexity index is 1390. The van der Waals surface area contributed by atoms with E-state index in [1.807, 2.05) is 4.90 Å². The second-order valence-electron chi connectivity index (χ2n) is 9.84. The number of hydrogen-bond acceptors (Lipinski definition) is 4. The molecule has 1 atom stereocenters. The van der Waals surface area contributed by atoms with Crippen molar-refractivity contribution in [1.82, 2.24) is 20.0 Å². The maximum atomic E-state index is 13.5. The van der Waals surface area contributed by atoms with E-state index in [2.05, 4.69) is 5.32 Å². The number of halogens is 5. The Morgan fingerprint density at radius 2 is 1.75 bits per heavy atom. The number of urea groups is 1. The predicted molar refractivity (Wildman–Crippen MR) is 144 cm³/mol. The van der Waals surface area contributed by atoms with Crippen LogP contribution in [-0.4, -0.2) is 78.9 Å². The lowest BCUT2D eigenvalue weighted by molar-refractivity contribution is -0.137. The first-order chi connectivity index (χ1) is 19.0. The SMILES string of the molecule is CN1C(=O)N[C@@H](c2cccc(Cl)c2Cl)C2=C1CN(CCC(=O)N1CCN(c3cccc(C(F)(F)F)c3)CC1)C2=O. The number of amides is 4. The molecule has 2 aromatic rings. The van der Waals surface area contributed by atoms with Gasteiger partial charge in [0.15, 0.2) is 0 Å². The molecular formula is C27H26Cl2F3N5O3. The van der Waals surface area contributed by atoms with Crippen LogP contribution in [0.15, 0.2) is 53.7 Å². The highest BCUT2D eigenvalue weighted by Gasteiger charge is 2.43. The second-order valence-corrected chi connectivity index (χ2v) is 10.6. The monoisotopic (exact) mass is 595 g/mol. The Labute approximate surface area is 238 Å². The third kappa shape index (κ3) is 5.32. The lowest BCUT2D eigenvalue weighted by Crippen LogP contribution is -2.49. The number of anilines is 1. The van der Waals surface area contributed by atoms with Crippen LogP contribution in [0.5, 0.6) is 0 Å². The summed E-state index contributed by atoms with van der Waals surface area (Å²) in [6.45, 7) is 1.82. The van der Waals surface area contributed by atoms with Crippen molar-refractivity contribution in [2.75, 3.05) is 51.2 Å². The Balaban J connectivity index is 1.21. The summed E-state index contributed by atoms with van der Waals surface area (Å²) in [5.74, 6) is -0.455. The van der Waals surface area contributed by atoms with Gasteiger partial charge in [0, 0.05) is 51.9 Å². The van der Waals surface area contributed by atoms with Crippen LogP contribution >= 0.6 is 23.2 Å². The van der Waals surface area contributed by atoms with E-state index >= 15 is 0 Å². The molecule has 13 heteroatoms. The maximum absolute atomic E-state index is 13.5. The smallest absolute Gasteiger partial charge is 0.368 e. The molecule has 0 aromatic heterocycles. The highest BCUT2D eigenvalue weighted by atomic mass is 35.5. The first-order valence-corrected chi connectivity index (χ1v) is 13.4. The van der Waals surface area contributed by atoms with Crippen molar-refractivity contribution in [3.8, 4) is 0 Å². The number of likely N-dealkylation sites (N-methyl/N-ethyl adjacent to an activating group) is 1. The van der Waals surface area contributed by atoms with Crippen LogP contribution in [0.25, 0.3) is 0 Å². The molecule has 0 spiro atoms. The average molecular weight is 596 g/mol. The molecule has 40 heavy (non-hydrogen) atoms. The van der Waals surface area contributed by atoms with Gasteiger partial charge in [0.25, 0.3) is 5.91 Å². The summed E-state index contributed by atoms with van der Waals surface area (Å²) in [4.78, 5) is 45.5. The van der Waals surface area contributed by atoms with Crippen molar-refractivity contribution in [3.63, 3.8) is 0 Å². The highest BCUT2D eigenvalue weighted by molar-refractivity contribution is 6.42. The summed E-state index contributed by atoms with van der Waals surface area (Å²) in [6, 6.07) is 9.00. The second kappa shape index (κ2) is 10.9. The molecule has 8 nitrogen and oxygen atoms in total. The first kappa shape index (κ1) is 28.1. The lowest BCUT2D eigenvalue weighted by Gasteiger charge is -2.36. The van der Waals surface area contributed by atoms with Gasteiger partial charge in [-0.1, -0.05) is 41.4 Å². The van der Waals surface area contributed by atoms with Gasteiger partial charge >= 0.3 is 12.2 Å². The topological polar surface area (TPSA) is 76.2 Å². The molecule has 3 aliphatic rings. The van der Waals surface area contributed by atoms with Crippen molar-refractivity contribution in [3.05, 3.63) is 74.9 Å². The summed E-state index contributed by atoms with van der Waals surface area (Å²) in [5.41, 5.74) is 1.18. The molecular weight excluding hydrogens is 570 g/mol. The van der Waals surface area contributed by atoms with Gasteiger partial charge in [0.1, 0.15) is 0 Å². The standard InChI is InChI=1S/C27H26Cl2F3N5O3/c1-34-20-15-37(25(39)22(20)24(33-26(34)40)18-6-3-7-19(28)23(18)29)9-8-21(38)36-12-10-35(11-13-36)17-5-2-4-16(14-17)27(30,31)32/h2-7,14,24H,8-13,15H2,1H3,(H,33,40)/t24-/m0/s1. The zero-order valence-electron chi connectivity index (χ0n) is 21.5. The summed E-state index contributed by atoms with van der Waals surface area (Å²) in [5, 5.41) is 3.36. The van der Waals surface area contributed by atoms with Gasteiger partial charge < -0.3 is 20.0 Å². The number of carbonyl (C=O) groups excluding carboxylic acids is 3. The molecule has 3 heterocycles. The number of rotatable bonds is 5. The zero-order chi connectivity index (χ0) is 28.8. The first-order valence-electron chi connectivity index (χ1n) is 12.7. The summed E-state index contributed by atoms with van der Waals surface area (Å²) in [7, 11) is 1.58. The van der Waals surface area contributed by atoms with Crippen LogP contribution in [-0.2, 0) is 15.8 Å². The Kier molecular flexibility index (Phi) is 7.62. The van der Waals surface area contributed by atoms with E-state index in [0.717, 1.165) is 12.1 Å². The largest absolute Gasteiger partial charge is 0.416 e. The minimum Gasteiger partial charge on any atom is -0.368 e. The minimum atomic E-state index is -4.42. The number of nitrogens with one attached hydrogen (secondary N) is 1. The predicted octanol–water partition coefficient (Wildman–Crippen LogP) is 4.54. The third-order valence-corrected chi connectivity index (χ3v) is 8.33. The van der Waals surface area contributed by atoms with Gasteiger partial charge in [0.2, 0.25) is 5.91 Å². The molecule has 3 aliphatic heterocycles. The molecule has 1 N–H and O–H groups in total. The zero-order valence-corrected chi connectivity index (χ0v) is 23.0. The summed E-state index contributed by atoms with van der Waals surface area (Å²) >= 11 is 12.6. The van der Waals surface area contributed by atoms with Gasteiger partial charge in [0.05, 0.1) is 39.5 Å². The molecule has 2 aromatic carbocycles. The van der Waals surface area contributed by atoms with Gasteiger partial charge in [-0.05, 0) is 29.8 Å².